The van der Waals surface area contributed by atoms with Gasteiger partial charge in [-0.05, 0) is 75.6 Å². The Kier molecular flexibility index (Phi) is 7.84. The number of hydrogen-bond donors (Lipinski definition) is 2. The number of aryl methyl sites for hydroxylation is 1. The average Bonchev–Trinajstić information content (AvgIpc) is 2.73. The van der Waals surface area contributed by atoms with Gasteiger partial charge in [0.15, 0.2) is 0 Å². The maximum Gasteiger partial charge on any atom is 0.315 e. The van der Waals surface area contributed by atoms with Crippen LogP contribution in [0.25, 0.3) is 0 Å². The van der Waals surface area contributed by atoms with Crippen molar-refractivity contribution in [3.8, 4) is 17.6 Å². The summed E-state index contributed by atoms with van der Waals surface area (Å²) in [5.41, 5.74) is 1.08. The first-order valence-corrected chi connectivity index (χ1v) is 12.5. The number of piperidine rings is 1. The topological polar surface area (TPSA) is 112 Å². The highest BCUT2D eigenvalue weighted by molar-refractivity contribution is 7.89. The van der Waals surface area contributed by atoms with Gasteiger partial charge in [0.25, 0.3) is 0 Å². The summed E-state index contributed by atoms with van der Waals surface area (Å²) in [6.07, 6.45) is 0.957. The number of carbonyl (C=O) groups excluding carboxylic acids is 1. The predicted molar refractivity (Wildman–Crippen MR) is 126 cm³/mol. The van der Waals surface area contributed by atoms with E-state index in [-0.39, 0.29) is 47.4 Å². The Labute approximate surface area is 199 Å². The monoisotopic (exact) mass is 490 g/mol. The summed E-state index contributed by atoms with van der Waals surface area (Å²) in [4.78, 5) is 11.9. The second-order valence-corrected chi connectivity index (χ2v) is 10.6. The Balaban J connectivity index is 1.81. The van der Waals surface area contributed by atoms with Crippen molar-refractivity contribution in [1.29, 1.82) is 5.26 Å². The molecule has 1 saturated heterocycles. The fraction of sp³-hybridized carbons (Fsp3) is 0.391. The van der Waals surface area contributed by atoms with Crippen LogP contribution in [-0.4, -0.2) is 43.9 Å². The molecule has 2 amide bonds. The predicted octanol–water partition coefficient (Wildman–Crippen LogP) is 4.17. The van der Waals surface area contributed by atoms with Crippen molar-refractivity contribution in [2.24, 2.45) is 0 Å². The summed E-state index contributed by atoms with van der Waals surface area (Å²) < 4.78 is 34.2. The number of urea groups is 1. The minimum Gasteiger partial charge on any atom is -0.456 e. The highest BCUT2D eigenvalue weighted by Gasteiger charge is 2.32. The fourth-order valence-electron chi connectivity index (χ4n) is 3.62. The maximum atomic E-state index is 13.5. The Bertz CT molecular complexity index is 1150. The molecule has 1 aliphatic rings. The van der Waals surface area contributed by atoms with Gasteiger partial charge in [-0.15, -0.1) is 0 Å². The van der Waals surface area contributed by atoms with Gasteiger partial charge >= 0.3 is 6.03 Å². The molecule has 2 aromatic rings. The number of amides is 2. The zero-order valence-corrected chi connectivity index (χ0v) is 20.3. The molecule has 1 aliphatic heterocycles. The summed E-state index contributed by atoms with van der Waals surface area (Å²) in [7, 11) is -3.94. The second kappa shape index (κ2) is 10.4. The fourth-order valence-corrected chi connectivity index (χ4v) is 5.51. The van der Waals surface area contributed by atoms with Crippen molar-refractivity contribution in [3.63, 3.8) is 0 Å². The van der Waals surface area contributed by atoms with Gasteiger partial charge < -0.3 is 15.4 Å². The largest absolute Gasteiger partial charge is 0.456 e. The number of nitriles is 1. The van der Waals surface area contributed by atoms with E-state index in [1.165, 1.54) is 22.5 Å². The maximum absolute atomic E-state index is 13.5. The van der Waals surface area contributed by atoms with Crippen LogP contribution in [0.15, 0.2) is 41.3 Å². The van der Waals surface area contributed by atoms with Crippen molar-refractivity contribution >= 4 is 27.7 Å². The number of sulfonamides is 1. The normalized spacial score (nSPS) is 15.2. The molecular formula is C23H27ClN4O4S. The molecule has 176 valence electrons. The third-order valence-electron chi connectivity index (χ3n) is 5.14. The molecule has 0 spiro atoms. The number of ether oxygens (including phenoxy) is 1. The van der Waals surface area contributed by atoms with E-state index in [1.807, 2.05) is 26.8 Å². The molecule has 1 fully saturated rings. The number of nitrogens with zero attached hydrogens (tertiary/aromatic N) is 2. The van der Waals surface area contributed by atoms with Gasteiger partial charge in [-0.3, -0.25) is 0 Å². The standard InChI is InChI=1S/C23H27ClN4O4S/c1-15(2)26-23(29)27-19-6-8-28(9-7-19)33(30,31)22-12-17(14-25)4-5-21(22)32-20-11-16(3)10-18(24)13-20/h4-5,10-13,15,19H,6-9H2,1-3H3,(H2,26,27,29). The number of nitrogens with one attached hydrogen (secondary N) is 2. The highest BCUT2D eigenvalue weighted by atomic mass is 35.5. The molecule has 0 saturated carbocycles. The van der Waals surface area contributed by atoms with Gasteiger partial charge in [-0.1, -0.05) is 11.6 Å². The smallest absolute Gasteiger partial charge is 0.315 e. The molecule has 0 aromatic heterocycles. The van der Waals surface area contributed by atoms with Crippen molar-refractivity contribution in [2.75, 3.05) is 13.1 Å². The molecule has 0 radical (unpaired) electrons. The molecule has 0 unspecified atom stereocenters. The van der Waals surface area contributed by atoms with Crippen LogP contribution in [0.5, 0.6) is 11.5 Å². The first-order valence-electron chi connectivity index (χ1n) is 10.6. The lowest BCUT2D eigenvalue weighted by molar-refractivity contribution is 0.225. The Morgan fingerprint density at radius 1 is 1.21 bits per heavy atom. The molecule has 0 aliphatic carbocycles. The van der Waals surface area contributed by atoms with E-state index >= 15 is 0 Å². The Morgan fingerprint density at radius 2 is 1.91 bits per heavy atom. The minimum atomic E-state index is -3.94. The third kappa shape index (κ3) is 6.38. The van der Waals surface area contributed by atoms with E-state index in [2.05, 4.69) is 10.6 Å². The van der Waals surface area contributed by atoms with Crippen molar-refractivity contribution in [3.05, 3.63) is 52.5 Å². The van der Waals surface area contributed by atoms with Gasteiger partial charge in [0.1, 0.15) is 16.4 Å². The summed E-state index contributed by atoms with van der Waals surface area (Å²) in [5.74, 6) is 0.521. The Hall–Kier alpha value is -2.80. The van der Waals surface area contributed by atoms with Crippen LogP contribution < -0.4 is 15.4 Å². The molecule has 0 bridgehead atoms. The summed E-state index contributed by atoms with van der Waals surface area (Å²) >= 11 is 6.11. The molecule has 2 aromatic carbocycles. The van der Waals surface area contributed by atoms with E-state index in [4.69, 9.17) is 16.3 Å². The molecule has 33 heavy (non-hydrogen) atoms. The van der Waals surface area contributed by atoms with Crippen LogP contribution in [0, 0.1) is 18.3 Å². The van der Waals surface area contributed by atoms with Crippen LogP contribution in [-0.2, 0) is 10.0 Å². The highest BCUT2D eigenvalue weighted by Crippen LogP contribution is 2.34. The van der Waals surface area contributed by atoms with Gasteiger partial charge in [0.2, 0.25) is 10.0 Å². The van der Waals surface area contributed by atoms with E-state index in [1.54, 1.807) is 18.2 Å². The zero-order chi connectivity index (χ0) is 24.2. The molecular weight excluding hydrogens is 464 g/mol. The van der Waals surface area contributed by atoms with Gasteiger partial charge in [-0.2, -0.15) is 9.57 Å². The molecule has 8 nitrogen and oxygen atoms in total. The van der Waals surface area contributed by atoms with E-state index in [9.17, 15) is 18.5 Å². The van der Waals surface area contributed by atoms with Crippen LogP contribution in [0.1, 0.15) is 37.8 Å². The molecule has 1 heterocycles. The lowest BCUT2D eigenvalue weighted by Gasteiger charge is -2.32. The number of halogens is 1. The SMILES string of the molecule is Cc1cc(Cl)cc(Oc2ccc(C#N)cc2S(=O)(=O)N2CCC(NC(=O)NC(C)C)CC2)c1. The lowest BCUT2D eigenvalue weighted by atomic mass is 10.1. The lowest BCUT2D eigenvalue weighted by Crippen LogP contribution is -2.50. The van der Waals surface area contributed by atoms with Crippen molar-refractivity contribution < 1.29 is 17.9 Å². The number of rotatable bonds is 6. The van der Waals surface area contributed by atoms with Gasteiger partial charge in [0, 0.05) is 30.2 Å². The second-order valence-electron chi connectivity index (χ2n) is 8.29. The van der Waals surface area contributed by atoms with Crippen LogP contribution in [0.2, 0.25) is 5.02 Å². The van der Waals surface area contributed by atoms with Crippen LogP contribution >= 0.6 is 11.6 Å². The van der Waals surface area contributed by atoms with Crippen molar-refractivity contribution in [2.45, 2.75) is 50.6 Å². The molecule has 10 heteroatoms. The van der Waals surface area contributed by atoms with E-state index in [0.29, 0.717) is 23.6 Å². The molecule has 3 rings (SSSR count). The Morgan fingerprint density at radius 3 is 2.52 bits per heavy atom. The van der Waals surface area contributed by atoms with Crippen LogP contribution in [0.3, 0.4) is 0 Å². The molecule has 0 atom stereocenters. The first kappa shape index (κ1) is 24.8. The third-order valence-corrected chi connectivity index (χ3v) is 7.28. The number of benzene rings is 2. The van der Waals surface area contributed by atoms with Crippen LogP contribution in [0.4, 0.5) is 4.79 Å². The average molecular weight is 491 g/mol. The van der Waals surface area contributed by atoms with Crippen molar-refractivity contribution in [1.82, 2.24) is 14.9 Å². The number of carbonyl (C=O) groups is 1. The first-order chi connectivity index (χ1) is 15.6. The van der Waals surface area contributed by atoms with Gasteiger partial charge in [-0.25, -0.2) is 13.2 Å². The molecule has 2 N–H and O–H groups in total. The number of hydrogen-bond acceptors (Lipinski definition) is 5. The summed E-state index contributed by atoms with van der Waals surface area (Å²) in [5, 5.41) is 15.4. The van der Waals surface area contributed by atoms with E-state index in [0.717, 1.165) is 5.56 Å². The summed E-state index contributed by atoms with van der Waals surface area (Å²) in [6, 6.07) is 11.0. The van der Waals surface area contributed by atoms with E-state index < -0.39 is 10.0 Å². The summed E-state index contributed by atoms with van der Waals surface area (Å²) in [6.45, 7) is 6.07. The zero-order valence-electron chi connectivity index (χ0n) is 18.8. The van der Waals surface area contributed by atoms with Gasteiger partial charge in [0.05, 0.1) is 11.6 Å². The quantitative estimate of drug-likeness (QED) is 0.631. The minimum absolute atomic E-state index is 0.0135.